The predicted octanol–water partition coefficient (Wildman–Crippen LogP) is 3.48. The van der Waals surface area contributed by atoms with Crippen LogP contribution in [0.25, 0.3) is 0 Å². The Morgan fingerprint density at radius 3 is 1.52 bits per heavy atom. The molecule has 0 aliphatic heterocycles. The average Bonchev–Trinajstić information content (AvgIpc) is 2.66. The Morgan fingerprint density at radius 1 is 0.560 bits per heavy atom. The minimum Gasteiger partial charge on any atom is -0.497 e. The molecule has 136 valence electrons. The maximum atomic E-state index is 5.47. The van der Waals surface area contributed by atoms with Gasteiger partial charge in [0.25, 0.3) is 0 Å². The third-order valence-electron chi connectivity index (χ3n) is 3.63. The van der Waals surface area contributed by atoms with Crippen LogP contribution in [0.15, 0.2) is 24.3 Å². The van der Waals surface area contributed by atoms with Crippen molar-refractivity contribution in [1.82, 2.24) is 0 Å². The van der Waals surface area contributed by atoms with E-state index in [1.807, 2.05) is 6.07 Å². The van der Waals surface area contributed by atoms with Crippen LogP contribution in [0, 0.1) is 0 Å². The van der Waals surface area contributed by atoms with Gasteiger partial charge in [-0.05, 0) is 0 Å². The normalized spacial score (nSPS) is 10.0. The zero-order valence-electron chi connectivity index (χ0n) is 15.3. The molecule has 0 saturated carbocycles. The molecule has 0 aliphatic carbocycles. The fraction of sp³-hybridized carbons (Fsp3) is 0.333. The standard InChI is InChI=1S/C18H23NO6/c1-20-12-9-13(17(24-5)16(10-12)23-4)19-11-7-14(21-2)18(25-6)15(8-11)22-3/h7-10,19H,1-6H3. The third kappa shape index (κ3) is 3.76. The van der Waals surface area contributed by atoms with Gasteiger partial charge in [0.2, 0.25) is 5.75 Å². The van der Waals surface area contributed by atoms with Crippen LogP contribution < -0.4 is 33.7 Å². The molecule has 0 bridgehead atoms. The van der Waals surface area contributed by atoms with Gasteiger partial charge in [-0.15, -0.1) is 0 Å². The highest BCUT2D eigenvalue weighted by atomic mass is 16.5. The first kappa shape index (κ1) is 18.4. The molecule has 0 spiro atoms. The Labute approximate surface area is 147 Å². The molecule has 7 nitrogen and oxygen atoms in total. The summed E-state index contributed by atoms with van der Waals surface area (Å²) in [7, 11) is 9.42. The monoisotopic (exact) mass is 349 g/mol. The van der Waals surface area contributed by atoms with Crippen LogP contribution in [-0.4, -0.2) is 42.7 Å². The van der Waals surface area contributed by atoms with Crippen LogP contribution in [0.3, 0.4) is 0 Å². The highest BCUT2D eigenvalue weighted by Gasteiger charge is 2.17. The molecule has 0 aliphatic rings. The fourth-order valence-corrected chi connectivity index (χ4v) is 2.46. The summed E-state index contributed by atoms with van der Waals surface area (Å²) in [6.07, 6.45) is 0. The molecule has 0 radical (unpaired) electrons. The Kier molecular flexibility index (Phi) is 6.05. The fourth-order valence-electron chi connectivity index (χ4n) is 2.46. The summed E-state index contributed by atoms with van der Waals surface area (Å²) in [6.45, 7) is 0. The van der Waals surface area contributed by atoms with E-state index in [1.54, 1.807) is 60.9 Å². The zero-order valence-corrected chi connectivity index (χ0v) is 15.3. The second-order valence-corrected chi connectivity index (χ2v) is 4.95. The SMILES string of the molecule is COc1cc(Nc2cc(OC)c(OC)c(OC)c2)c(OC)c(OC)c1. The maximum Gasteiger partial charge on any atom is 0.203 e. The van der Waals surface area contributed by atoms with E-state index in [1.165, 1.54) is 0 Å². The first-order valence-corrected chi connectivity index (χ1v) is 7.48. The van der Waals surface area contributed by atoms with E-state index in [2.05, 4.69) is 5.32 Å². The summed E-state index contributed by atoms with van der Waals surface area (Å²) < 4.78 is 32.2. The first-order valence-electron chi connectivity index (χ1n) is 7.48. The molecule has 1 N–H and O–H groups in total. The van der Waals surface area contributed by atoms with Crippen LogP contribution in [-0.2, 0) is 0 Å². The van der Waals surface area contributed by atoms with Crippen molar-refractivity contribution in [2.45, 2.75) is 0 Å². The maximum absolute atomic E-state index is 5.47. The molecule has 7 heteroatoms. The van der Waals surface area contributed by atoms with Crippen LogP contribution in [0.5, 0.6) is 34.5 Å². The summed E-state index contributed by atoms with van der Waals surface area (Å²) in [4.78, 5) is 0. The molecule has 0 amide bonds. The quantitative estimate of drug-likeness (QED) is 0.782. The molecule has 0 atom stereocenters. The molecule has 0 saturated heterocycles. The Balaban J connectivity index is 2.52. The van der Waals surface area contributed by atoms with E-state index in [9.17, 15) is 0 Å². The second-order valence-electron chi connectivity index (χ2n) is 4.95. The molecule has 0 fully saturated rings. The average molecular weight is 349 g/mol. The molecule has 2 aromatic rings. The van der Waals surface area contributed by atoms with E-state index in [0.717, 1.165) is 5.69 Å². The molecule has 2 aromatic carbocycles. The van der Waals surface area contributed by atoms with Crippen LogP contribution >= 0.6 is 0 Å². The largest absolute Gasteiger partial charge is 0.497 e. The van der Waals surface area contributed by atoms with Gasteiger partial charge < -0.3 is 33.7 Å². The van der Waals surface area contributed by atoms with Gasteiger partial charge in [0, 0.05) is 30.0 Å². The number of hydrogen-bond donors (Lipinski definition) is 1. The smallest absolute Gasteiger partial charge is 0.203 e. The van der Waals surface area contributed by atoms with Crippen molar-refractivity contribution in [3.05, 3.63) is 24.3 Å². The van der Waals surface area contributed by atoms with Crippen molar-refractivity contribution >= 4 is 11.4 Å². The number of benzene rings is 2. The lowest BCUT2D eigenvalue weighted by Gasteiger charge is -2.18. The number of hydrogen-bond acceptors (Lipinski definition) is 7. The highest BCUT2D eigenvalue weighted by molar-refractivity contribution is 5.75. The minimum absolute atomic E-state index is 0.519. The summed E-state index contributed by atoms with van der Waals surface area (Å²) in [5, 5.41) is 3.27. The third-order valence-corrected chi connectivity index (χ3v) is 3.63. The molecular weight excluding hydrogens is 326 g/mol. The molecular formula is C18H23NO6. The topological polar surface area (TPSA) is 67.4 Å². The Morgan fingerprint density at radius 2 is 1.08 bits per heavy atom. The van der Waals surface area contributed by atoms with Crippen molar-refractivity contribution in [2.75, 3.05) is 48.0 Å². The van der Waals surface area contributed by atoms with Crippen LogP contribution in [0.2, 0.25) is 0 Å². The number of methoxy groups -OCH3 is 6. The molecule has 0 unspecified atom stereocenters. The van der Waals surface area contributed by atoms with Crippen molar-refractivity contribution in [1.29, 1.82) is 0 Å². The summed E-state index contributed by atoms with van der Waals surface area (Å²) in [6, 6.07) is 7.16. The van der Waals surface area contributed by atoms with Crippen molar-refractivity contribution in [3.63, 3.8) is 0 Å². The van der Waals surface area contributed by atoms with Gasteiger partial charge in [0.05, 0.1) is 48.3 Å². The molecule has 0 aromatic heterocycles. The second kappa shape index (κ2) is 8.23. The minimum atomic E-state index is 0.519. The van der Waals surface area contributed by atoms with Gasteiger partial charge in [-0.3, -0.25) is 0 Å². The Bertz CT molecular complexity index is 707. The number of ether oxygens (including phenoxy) is 6. The Hall–Kier alpha value is -2.96. The van der Waals surface area contributed by atoms with Crippen molar-refractivity contribution in [3.8, 4) is 34.5 Å². The summed E-state index contributed by atoms with van der Waals surface area (Å²) >= 11 is 0. The van der Waals surface area contributed by atoms with Crippen LogP contribution in [0.4, 0.5) is 11.4 Å². The van der Waals surface area contributed by atoms with E-state index >= 15 is 0 Å². The van der Waals surface area contributed by atoms with Gasteiger partial charge in [-0.1, -0.05) is 0 Å². The molecule has 2 rings (SSSR count). The number of rotatable bonds is 8. The van der Waals surface area contributed by atoms with E-state index in [4.69, 9.17) is 28.4 Å². The van der Waals surface area contributed by atoms with Crippen LogP contribution in [0.1, 0.15) is 0 Å². The summed E-state index contributed by atoms with van der Waals surface area (Å²) in [5.41, 5.74) is 1.40. The lowest BCUT2D eigenvalue weighted by atomic mass is 10.2. The van der Waals surface area contributed by atoms with E-state index < -0.39 is 0 Å². The van der Waals surface area contributed by atoms with Gasteiger partial charge in [-0.25, -0.2) is 0 Å². The highest BCUT2D eigenvalue weighted by Crippen LogP contribution is 2.44. The van der Waals surface area contributed by atoms with Gasteiger partial charge in [0.1, 0.15) is 5.75 Å². The predicted molar refractivity (Wildman–Crippen MR) is 95.5 cm³/mol. The zero-order chi connectivity index (χ0) is 18.4. The van der Waals surface area contributed by atoms with Crippen molar-refractivity contribution in [2.24, 2.45) is 0 Å². The van der Waals surface area contributed by atoms with Crippen molar-refractivity contribution < 1.29 is 28.4 Å². The number of nitrogens with one attached hydrogen (secondary N) is 1. The van der Waals surface area contributed by atoms with E-state index in [0.29, 0.717) is 40.2 Å². The summed E-state index contributed by atoms with van der Waals surface area (Å²) in [5.74, 6) is 3.34. The van der Waals surface area contributed by atoms with E-state index in [-0.39, 0.29) is 0 Å². The van der Waals surface area contributed by atoms with Gasteiger partial charge in [-0.2, -0.15) is 0 Å². The molecule has 25 heavy (non-hydrogen) atoms. The lowest BCUT2D eigenvalue weighted by Crippen LogP contribution is -2.01. The first-order chi connectivity index (χ1) is 12.1. The number of anilines is 2. The van der Waals surface area contributed by atoms with Gasteiger partial charge in [0.15, 0.2) is 23.0 Å². The molecule has 0 heterocycles. The van der Waals surface area contributed by atoms with Gasteiger partial charge >= 0.3 is 0 Å². The lowest BCUT2D eigenvalue weighted by molar-refractivity contribution is 0.324.